The summed E-state index contributed by atoms with van der Waals surface area (Å²) >= 11 is 0. The monoisotopic (exact) mass is 338 g/mol. The molecule has 1 N–H and O–H groups in total. The van der Waals surface area contributed by atoms with Gasteiger partial charge in [-0.25, -0.2) is 20.0 Å². The number of aliphatic hydroxyl groups is 1. The van der Waals surface area contributed by atoms with E-state index in [2.05, 4.69) is 20.0 Å². The van der Waals surface area contributed by atoms with Crippen LogP contribution < -0.4 is 0 Å². The molecule has 124 valence electrons. The molecule has 0 saturated carbocycles. The molecule has 5 aliphatic rings. The van der Waals surface area contributed by atoms with Crippen molar-refractivity contribution in [3.8, 4) is 0 Å². The normalized spacial score (nSPS) is 22.3. The van der Waals surface area contributed by atoms with Crippen molar-refractivity contribution in [2.75, 3.05) is 6.61 Å². The van der Waals surface area contributed by atoms with E-state index in [1.165, 1.54) is 0 Å². The van der Waals surface area contributed by atoms with Gasteiger partial charge in [0.1, 0.15) is 0 Å². The molecule has 5 heterocycles. The summed E-state index contributed by atoms with van der Waals surface area (Å²) in [5.74, 6) is 0. The van der Waals surface area contributed by atoms with Gasteiger partial charge in [0.25, 0.3) is 0 Å². The lowest BCUT2D eigenvalue weighted by atomic mass is 10.1. The molecule has 0 unspecified atom stereocenters. The molecule has 26 heavy (non-hydrogen) atoms. The van der Waals surface area contributed by atoms with Crippen molar-refractivity contribution in [3.63, 3.8) is 0 Å². The van der Waals surface area contributed by atoms with Crippen molar-refractivity contribution in [3.05, 3.63) is 95.2 Å². The Balaban J connectivity index is 1.69. The van der Waals surface area contributed by atoms with Crippen LogP contribution >= 0.6 is 0 Å². The zero-order valence-corrected chi connectivity index (χ0v) is 13.8. The maximum Gasteiger partial charge on any atom is 0.0724 e. The van der Waals surface area contributed by atoms with Crippen molar-refractivity contribution in [2.45, 2.75) is 0 Å². The largest absolute Gasteiger partial charge is 0.392 e. The second-order valence-corrected chi connectivity index (χ2v) is 6.17. The minimum Gasteiger partial charge on any atom is -0.392 e. The number of aliphatic imine (C=N–C) groups is 4. The van der Waals surface area contributed by atoms with Gasteiger partial charge in [0.05, 0.1) is 52.2 Å². The number of hydrogen-bond acceptors (Lipinski definition) is 5. The Morgan fingerprint density at radius 3 is 1.77 bits per heavy atom. The van der Waals surface area contributed by atoms with Gasteiger partial charge in [-0.05, 0) is 66.8 Å². The van der Waals surface area contributed by atoms with Crippen molar-refractivity contribution in [1.82, 2.24) is 0 Å². The standard InChI is InChI=1S/C21H14N4O/c26-12-19-20-7-5-17(24-20)10-15-3-1-13(22-15)9-14-2-4-16(23-14)11-18-6-8-21(19)25-18/h1-11,26H,12H2. The number of nitrogens with zero attached hydrogens (tertiary/aromatic N) is 4. The quantitative estimate of drug-likeness (QED) is 0.784. The van der Waals surface area contributed by atoms with Crippen LogP contribution in [0, 0.1) is 0 Å². The van der Waals surface area contributed by atoms with E-state index in [-0.39, 0.29) is 6.61 Å². The summed E-state index contributed by atoms with van der Waals surface area (Å²) in [4.78, 5) is 18.4. The second kappa shape index (κ2) is 5.82. The van der Waals surface area contributed by atoms with Gasteiger partial charge in [-0.2, -0.15) is 0 Å². The maximum absolute atomic E-state index is 9.84. The second-order valence-electron chi connectivity index (χ2n) is 6.17. The molecule has 0 atom stereocenters. The molecule has 5 nitrogen and oxygen atoms in total. The van der Waals surface area contributed by atoms with Crippen LogP contribution in [0.5, 0.6) is 0 Å². The van der Waals surface area contributed by atoms with Crippen LogP contribution in [-0.4, -0.2) is 34.6 Å². The highest BCUT2D eigenvalue weighted by atomic mass is 16.3. The Morgan fingerprint density at radius 2 is 1.12 bits per heavy atom. The summed E-state index contributed by atoms with van der Waals surface area (Å²) in [6.45, 7) is -0.126. The van der Waals surface area contributed by atoms with Crippen LogP contribution in [0.15, 0.2) is 115 Å². The first-order valence-electron chi connectivity index (χ1n) is 8.33. The average Bonchev–Trinajstić information content (AvgIpc) is 3.39. The summed E-state index contributed by atoms with van der Waals surface area (Å²) in [5, 5.41) is 9.84. The van der Waals surface area contributed by atoms with Crippen molar-refractivity contribution >= 4 is 22.8 Å². The van der Waals surface area contributed by atoms with Gasteiger partial charge in [0, 0.05) is 5.57 Å². The van der Waals surface area contributed by atoms with E-state index >= 15 is 0 Å². The van der Waals surface area contributed by atoms with Crippen LogP contribution in [0.4, 0.5) is 0 Å². The molecule has 0 aromatic carbocycles. The van der Waals surface area contributed by atoms with E-state index < -0.39 is 0 Å². The molecule has 0 radical (unpaired) electrons. The Labute approximate surface area is 150 Å². The summed E-state index contributed by atoms with van der Waals surface area (Å²) in [6, 6.07) is 0. The lowest BCUT2D eigenvalue weighted by molar-refractivity contribution is 0.336. The van der Waals surface area contributed by atoms with Crippen molar-refractivity contribution in [1.29, 1.82) is 0 Å². The van der Waals surface area contributed by atoms with Crippen LogP contribution in [-0.2, 0) is 0 Å². The molecule has 0 aromatic rings. The third-order valence-corrected chi connectivity index (χ3v) is 4.35. The molecule has 0 saturated heterocycles. The minimum atomic E-state index is -0.126. The number of allylic oxidation sites excluding steroid dienone is 11. The van der Waals surface area contributed by atoms with Crippen molar-refractivity contribution < 1.29 is 5.11 Å². The van der Waals surface area contributed by atoms with Gasteiger partial charge in [0.15, 0.2) is 0 Å². The molecule has 0 fully saturated rings. The van der Waals surface area contributed by atoms with Crippen LogP contribution in [0.25, 0.3) is 0 Å². The molecule has 8 bridgehead atoms. The Bertz CT molecular complexity index is 1090. The lowest BCUT2D eigenvalue weighted by Crippen LogP contribution is -2.04. The van der Waals surface area contributed by atoms with E-state index in [1.54, 1.807) is 0 Å². The highest BCUT2D eigenvalue weighted by molar-refractivity contribution is 6.16. The summed E-state index contributed by atoms with van der Waals surface area (Å²) < 4.78 is 0. The SMILES string of the molecule is OCC1=C2C=CC(=N2)C=C2C=CC(=N2)C=C2C=CC(=N2)C=C2C=CC1=N2. The van der Waals surface area contributed by atoms with Crippen molar-refractivity contribution in [2.24, 2.45) is 20.0 Å². The van der Waals surface area contributed by atoms with Gasteiger partial charge < -0.3 is 5.11 Å². The highest BCUT2D eigenvalue weighted by Gasteiger charge is 2.17. The first-order chi connectivity index (χ1) is 12.8. The predicted octanol–water partition coefficient (Wildman–Crippen LogP) is 2.94. The van der Waals surface area contributed by atoms with Gasteiger partial charge in [-0.1, -0.05) is 0 Å². The van der Waals surface area contributed by atoms with Gasteiger partial charge in [-0.3, -0.25) is 0 Å². The van der Waals surface area contributed by atoms with Crippen LogP contribution in [0.1, 0.15) is 0 Å². The van der Waals surface area contributed by atoms with Gasteiger partial charge >= 0.3 is 0 Å². The van der Waals surface area contributed by atoms with Gasteiger partial charge in [0.2, 0.25) is 0 Å². The molecule has 5 aliphatic heterocycles. The molecular formula is C21H14N4O. The third-order valence-electron chi connectivity index (χ3n) is 4.35. The van der Waals surface area contributed by atoms with E-state index in [4.69, 9.17) is 0 Å². The average molecular weight is 338 g/mol. The fourth-order valence-corrected chi connectivity index (χ4v) is 3.11. The molecule has 0 aliphatic carbocycles. The number of fused-ring (bicyclic) bond motifs is 4. The highest BCUT2D eigenvalue weighted by Crippen LogP contribution is 2.23. The van der Waals surface area contributed by atoms with Crippen LogP contribution in [0.3, 0.4) is 0 Å². The smallest absolute Gasteiger partial charge is 0.0724 e. The fraction of sp³-hybridized carbons (Fsp3) is 0.0476. The van der Waals surface area contributed by atoms with Gasteiger partial charge in [-0.15, -0.1) is 0 Å². The molecule has 0 spiro atoms. The molecule has 0 aromatic heterocycles. The first-order valence-corrected chi connectivity index (χ1v) is 8.33. The zero-order valence-electron chi connectivity index (χ0n) is 13.8. The minimum absolute atomic E-state index is 0.126. The topological polar surface area (TPSA) is 69.7 Å². The lowest BCUT2D eigenvalue weighted by Gasteiger charge is -2.03. The first kappa shape index (κ1) is 14.9. The van der Waals surface area contributed by atoms with E-state index in [9.17, 15) is 5.11 Å². The summed E-state index contributed by atoms with van der Waals surface area (Å²) in [5.41, 5.74) is 7.15. The Kier molecular flexibility index (Phi) is 3.33. The van der Waals surface area contributed by atoms with E-state index in [0.29, 0.717) is 5.57 Å². The predicted molar refractivity (Wildman–Crippen MR) is 105 cm³/mol. The van der Waals surface area contributed by atoms with E-state index in [0.717, 1.165) is 45.6 Å². The molecular weight excluding hydrogens is 324 g/mol. The summed E-state index contributed by atoms with van der Waals surface area (Å²) in [6.07, 6.45) is 21.2. The van der Waals surface area contributed by atoms with E-state index in [1.807, 2.05) is 66.8 Å². The Hall–Kier alpha value is -3.44. The Morgan fingerprint density at radius 1 is 0.577 bits per heavy atom. The summed E-state index contributed by atoms with van der Waals surface area (Å²) in [7, 11) is 0. The number of rotatable bonds is 1. The third kappa shape index (κ3) is 2.64. The number of aliphatic hydroxyl groups excluding tert-OH is 1. The zero-order chi connectivity index (χ0) is 17.5. The maximum atomic E-state index is 9.84. The molecule has 5 heteroatoms. The number of hydrogen-bond donors (Lipinski definition) is 1. The fourth-order valence-electron chi connectivity index (χ4n) is 3.11. The van der Waals surface area contributed by atoms with Crippen LogP contribution in [0.2, 0.25) is 0 Å². The molecule has 5 rings (SSSR count). The molecule has 0 amide bonds.